The third-order valence-corrected chi connectivity index (χ3v) is 4.96. The molecule has 2 aromatic rings. The standard InChI is InChI=1S/C21H24N2O2/c1-4-15(3)19(20(24)22-17-11-9-14(2)10-12-17)23-13-16-7-5-6-8-18(16)21(23)25/h5-12,15,19H,4,13H2,1-3H3,(H,22,24)/t15?,19-/m0/s1. The van der Waals surface area contributed by atoms with E-state index in [9.17, 15) is 9.59 Å². The molecule has 0 saturated carbocycles. The van der Waals surface area contributed by atoms with Crippen molar-refractivity contribution in [3.63, 3.8) is 0 Å². The quantitative estimate of drug-likeness (QED) is 0.897. The van der Waals surface area contributed by atoms with Gasteiger partial charge in [-0.15, -0.1) is 0 Å². The molecule has 0 spiro atoms. The number of anilines is 1. The van der Waals surface area contributed by atoms with Crippen LogP contribution in [0, 0.1) is 12.8 Å². The first kappa shape index (κ1) is 17.2. The van der Waals surface area contributed by atoms with Gasteiger partial charge >= 0.3 is 0 Å². The maximum atomic E-state index is 13.0. The molecule has 1 N–H and O–H groups in total. The Bertz CT molecular complexity index is 783. The van der Waals surface area contributed by atoms with Crippen molar-refractivity contribution in [1.82, 2.24) is 4.90 Å². The van der Waals surface area contributed by atoms with E-state index in [2.05, 4.69) is 5.32 Å². The number of benzene rings is 2. The van der Waals surface area contributed by atoms with Crippen LogP contribution in [-0.2, 0) is 11.3 Å². The summed E-state index contributed by atoms with van der Waals surface area (Å²) in [5.74, 6) is -0.108. The molecule has 0 bridgehead atoms. The van der Waals surface area contributed by atoms with E-state index in [1.165, 1.54) is 0 Å². The van der Waals surface area contributed by atoms with Crippen molar-refractivity contribution < 1.29 is 9.59 Å². The summed E-state index contributed by atoms with van der Waals surface area (Å²) in [5, 5.41) is 2.98. The Balaban J connectivity index is 1.84. The predicted molar refractivity (Wildman–Crippen MR) is 99.4 cm³/mol. The van der Waals surface area contributed by atoms with Crippen LogP contribution in [0.4, 0.5) is 5.69 Å². The van der Waals surface area contributed by atoms with Gasteiger partial charge in [0.1, 0.15) is 6.04 Å². The zero-order valence-corrected chi connectivity index (χ0v) is 15.0. The number of carbonyl (C=O) groups excluding carboxylic acids is 2. The molecule has 0 fully saturated rings. The SMILES string of the molecule is CCC(C)[C@@H](C(=O)Nc1ccc(C)cc1)N1Cc2ccccc2C1=O. The first-order chi connectivity index (χ1) is 12.0. The first-order valence-corrected chi connectivity index (χ1v) is 8.77. The van der Waals surface area contributed by atoms with E-state index in [0.29, 0.717) is 12.1 Å². The second kappa shape index (κ2) is 7.09. The van der Waals surface area contributed by atoms with E-state index < -0.39 is 6.04 Å². The summed E-state index contributed by atoms with van der Waals surface area (Å²) < 4.78 is 0. The van der Waals surface area contributed by atoms with Crippen LogP contribution in [0.2, 0.25) is 0 Å². The van der Waals surface area contributed by atoms with Crippen LogP contribution in [0.15, 0.2) is 48.5 Å². The summed E-state index contributed by atoms with van der Waals surface area (Å²) in [5.41, 5.74) is 3.59. The second-order valence-corrected chi connectivity index (χ2v) is 6.78. The third kappa shape index (κ3) is 3.43. The van der Waals surface area contributed by atoms with E-state index in [-0.39, 0.29) is 17.7 Å². The van der Waals surface area contributed by atoms with Crippen molar-refractivity contribution >= 4 is 17.5 Å². The lowest BCUT2D eigenvalue weighted by Crippen LogP contribution is -2.48. The lowest BCUT2D eigenvalue weighted by Gasteiger charge is -2.31. The zero-order chi connectivity index (χ0) is 18.0. The summed E-state index contributed by atoms with van der Waals surface area (Å²) >= 11 is 0. The number of carbonyl (C=O) groups is 2. The molecule has 0 saturated heterocycles. The lowest BCUT2D eigenvalue weighted by molar-refractivity contribution is -0.122. The maximum absolute atomic E-state index is 13.0. The molecule has 2 aromatic carbocycles. The van der Waals surface area contributed by atoms with Gasteiger partial charge in [0.2, 0.25) is 5.91 Å². The summed E-state index contributed by atoms with van der Waals surface area (Å²) in [6.07, 6.45) is 0.826. The van der Waals surface area contributed by atoms with Crippen LogP contribution in [0.5, 0.6) is 0 Å². The highest BCUT2D eigenvalue weighted by Gasteiger charge is 2.38. The minimum atomic E-state index is -0.480. The van der Waals surface area contributed by atoms with Crippen molar-refractivity contribution in [2.45, 2.75) is 39.8 Å². The van der Waals surface area contributed by atoms with E-state index in [1.54, 1.807) is 4.90 Å². The van der Waals surface area contributed by atoms with Crippen LogP contribution in [0.25, 0.3) is 0 Å². The number of fused-ring (bicyclic) bond motifs is 1. The van der Waals surface area contributed by atoms with Crippen LogP contribution in [-0.4, -0.2) is 22.8 Å². The van der Waals surface area contributed by atoms with Crippen molar-refractivity contribution in [3.05, 3.63) is 65.2 Å². The molecule has 2 amide bonds. The van der Waals surface area contributed by atoms with Gasteiger partial charge in [-0.3, -0.25) is 9.59 Å². The molecule has 0 radical (unpaired) electrons. The summed E-state index contributed by atoms with van der Waals surface area (Å²) in [7, 11) is 0. The minimum absolute atomic E-state index is 0.0556. The van der Waals surface area contributed by atoms with Crippen LogP contribution >= 0.6 is 0 Å². The molecule has 1 aliphatic heterocycles. The Hall–Kier alpha value is -2.62. The number of nitrogens with zero attached hydrogens (tertiary/aromatic N) is 1. The van der Waals surface area contributed by atoms with Gasteiger partial charge in [0.05, 0.1) is 0 Å². The van der Waals surface area contributed by atoms with Crippen LogP contribution in [0.1, 0.15) is 41.8 Å². The molecule has 4 nitrogen and oxygen atoms in total. The maximum Gasteiger partial charge on any atom is 0.255 e. The Morgan fingerprint density at radius 1 is 1.16 bits per heavy atom. The largest absolute Gasteiger partial charge is 0.324 e. The number of aryl methyl sites for hydroxylation is 1. The number of rotatable bonds is 5. The molecule has 1 heterocycles. The van der Waals surface area contributed by atoms with Crippen molar-refractivity contribution in [1.29, 1.82) is 0 Å². The normalized spacial score (nSPS) is 15.6. The zero-order valence-electron chi connectivity index (χ0n) is 15.0. The fourth-order valence-corrected chi connectivity index (χ4v) is 3.29. The Kier molecular flexibility index (Phi) is 4.88. The fraction of sp³-hybridized carbons (Fsp3) is 0.333. The molecule has 3 rings (SSSR count). The highest BCUT2D eigenvalue weighted by atomic mass is 16.2. The van der Waals surface area contributed by atoms with Gasteiger partial charge in [-0.1, -0.05) is 56.2 Å². The second-order valence-electron chi connectivity index (χ2n) is 6.78. The van der Waals surface area contributed by atoms with Gasteiger partial charge in [-0.25, -0.2) is 0 Å². The average Bonchev–Trinajstić information content (AvgIpc) is 2.94. The van der Waals surface area contributed by atoms with Crippen LogP contribution in [0.3, 0.4) is 0 Å². The lowest BCUT2D eigenvalue weighted by atomic mass is 9.96. The first-order valence-electron chi connectivity index (χ1n) is 8.77. The van der Waals surface area contributed by atoms with Gasteiger partial charge in [0.15, 0.2) is 0 Å². The van der Waals surface area contributed by atoms with Crippen molar-refractivity contribution in [2.24, 2.45) is 5.92 Å². The summed E-state index contributed by atoms with van der Waals surface area (Å²) in [4.78, 5) is 27.5. The minimum Gasteiger partial charge on any atom is -0.324 e. The molecule has 25 heavy (non-hydrogen) atoms. The van der Waals surface area contributed by atoms with E-state index in [4.69, 9.17) is 0 Å². The highest BCUT2D eigenvalue weighted by Crippen LogP contribution is 2.28. The molecule has 0 aliphatic carbocycles. The van der Waals surface area contributed by atoms with E-state index in [1.807, 2.05) is 69.3 Å². The van der Waals surface area contributed by atoms with Gasteiger partial charge < -0.3 is 10.2 Å². The Morgan fingerprint density at radius 3 is 2.48 bits per heavy atom. The number of hydrogen-bond donors (Lipinski definition) is 1. The molecule has 0 aromatic heterocycles. The van der Waals surface area contributed by atoms with Gasteiger partial charge in [0, 0.05) is 17.8 Å². The van der Waals surface area contributed by atoms with Gasteiger partial charge in [-0.2, -0.15) is 0 Å². The van der Waals surface area contributed by atoms with Gasteiger partial charge in [-0.05, 0) is 36.6 Å². The number of nitrogens with one attached hydrogen (secondary N) is 1. The summed E-state index contributed by atoms with van der Waals surface area (Å²) in [6, 6.07) is 14.8. The highest BCUT2D eigenvalue weighted by molar-refractivity contribution is 6.03. The topological polar surface area (TPSA) is 49.4 Å². The smallest absolute Gasteiger partial charge is 0.255 e. The van der Waals surface area contributed by atoms with Crippen LogP contribution < -0.4 is 5.32 Å². The molecule has 4 heteroatoms. The Labute approximate surface area is 148 Å². The molecule has 130 valence electrons. The van der Waals surface area contributed by atoms with Gasteiger partial charge in [0.25, 0.3) is 5.91 Å². The van der Waals surface area contributed by atoms with Crippen molar-refractivity contribution in [2.75, 3.05) is 5.32 Å². The third-order valence-electron chi connectivity index (χ3n) is 4.96. The van der Waals surface area contributed by atoms with E-state index in [0.717, 1.165) is 23.2 Å². The molecule has 1 unspecified atom stereocenters. The molecular formula is C21H24N2O2. The van der Waals surface area contributed by atoms with E-state index >= 15 is 0 Å². The Morgan fingerprint density at radius 2 is 1.84 bits per heavy atom. The average molecular weight is 336 g/mol. The predicted octanol–water partition coefficient (Wildman–Crippen LogP) is 4.00. The van der Waals surface area contributed by atoms with Crippen molar-refractivity contribution in [3.8, 4) is 0 Å². The molecular weight excluding hydrogens is 312 g/mol. The summed E-state index contributed by atoms with van der Waals surface area (Å²) in [6.45, 7) is 6.57. The molecule has 1 aliphatic rings. The number of amides is 2. The fourth-order valence-electron chi connectivity index (χ4n) is 3.29. The monoisotopic (exact) mass is 336 g/mol. The molecule has 2 atom stereocenters. The number of hydrogen-bond acceptors (Lipinski definition) is 2.